The molecule has 0 radical (unpaired) electrons. The number of fused-ring (bicyclic) bond motifs is 2. The number of aliphatic hydroxyl groups is 1. The average Bonchev–Trinajstić information content (AvgIpc) is 2.25. The lowest BCUT2D eigenvalue weighted by atomic mass is 9.88. The Morgan fingerprint density at radius 2 is 2.22 bits per heavy atom. The number of hydrogen-bond acceptors (Lipinski definition) is 2. The van der Waals surface area contributed by atoms with Crippen molar-refractivity contribution in [2.24, 2.45) is 5.92 Å². The van der Waals surface area contributed by atoms with E-state index in [1.807, 2.05) is 0 Å². The fourth-order valence-corrected chi connectivity index (χ4v) is 1.97. The molecule has 0 spiro atoms. The molecule has 9 heavy (non-hydrogen) atoms. The van der Waals surface area contributed by atoms with Crippen LogP contribution < -0.4 is 5.32 Å². The summed E-state index contributed by atoms with van der Waals surface area (Å²) in [6, 6.07) is 0.735. The molecule has 2 aliphatic rings. The second-order valence-electron chi connectivity index (χ2n) is 3.25. The van der Waals surface area contributed by atoms with Crippen molar-refractivity contribution in [2.75, 3.05) is 6.54 Å². The van der Waals surface area contributed by atoms with Crippen LogP contribution in [0.1, 0.15) is 19.3 Å². The molecule has 1 aliphatic carbocycles. The Labute approximate surface area is 55.3 Å². The molecule has 2 bridgehead atoms. The second kappa shape index (κ2) is 1.96. The minimum Gasteiger partial charge on any atom is -0.393 e. The molecule has 1 saturated carbocycles. The molecule has 2 heteroatoms. The molecular weight excluding hydrogens is 114 g/mol. The molecule has 2 N–H and O–H groups in total. The van der Waals surface area contributed by atoms with E-state index in [-0.39, 0.29) is 6.10 Å². The van der Waals surface area contributed by atoms with E-state index in [4.69, 9.17) is 0 Å². The molecule has 2 nitrogen and oxygen atoms in total. The van der Waals surface area contributed by atoms with Crippen LogP contribution >= 0.6 is 0 Å². The van der Waals surface area contributed by atoms with Crippen LogP contribution in [0.2, 0.25) is 0 Å². The van der Waals surface area contributed by atoms with Crippen molar-refractivity contribution in [2.45, 2.75) is 31.4 Å². The third kappa shape index (κ3) is 0.864. The summed E-state index contributed by atoms with van der Waals surface area (Å²) in [7, 11) is 0. The summed E-state index contributed by atoms with van der Waals surface area (Å²) in [6.07, 6.45) is 3.40. The molecule has 1 heterocycles. The van der Waals surface area contributed by atoms with Gasteiger partial charge in [0.25, 0.3) is 0 Å². The van der Waals surface area contributed by atoms with Crippen LogP contribution in [0.15, 0.2) is 0 Å². The molecule has 0 unspecified atom stereocenters. The van der Waals surface area contributed by atoms with Gasteiger partial charge in [-0.3, -0.25) is 0 Å². The summed E-state index contributed by atoms with van der Waals surface area (Å²) in [4.78, 5) is 0. The van der Waals surface area contributed by atoms with Crippen LogP contribution in [0.5, 0.6) is 0 Å². The van der Waals surface area contributed by atoms with Gasteiger partial charge in [-0.1, -0.05) is 0 Å². The first-order valence-electron chi connectivity index (χ1n) is 3.78. The molecular formula is C7H13NO. The van der Waals surface area contributed by atoms with E-state index < -0.39 is 0 Å². The van der Waals surface area contributed by atoms with Gasteiger partial charge in [0.05, 0.1) is 6.10 Å². The minimum absolute atomic E-state index is 0.00347. The number of aliphatic hydroxyl groups excluding tert-OH is 1. The summed E-state index contributed by atoms with van der Waals surface area (Å²) >= 11 is 0. The number of nitrogens with one attached hydrogen (secondary N) is 1. The highest BCUT2D eigenvalue weighted by Gasteiger charge is 2.33. The maximum absolute atomic E-state index is 9.36. The van der Waals surface area contributed by atoms with Crippen LogP contribution in [0.3, 0.4) is 0 Å². The molecule has 52 valence electrons. The van der Waals surface area contributed by atoms with E-state index in [2.05, 4.69) is 5.32 Å². The van der Waals surface area contributed by atoms with Crippen molar-refractivity contribution in [3.63, 3.8) is 0 Å². The number of rotatable bonds is 0. The monoisotopic (exact) mass is 127 g/mol. The van der Waals surface area contributed by atoms with Gasteiger partial charge in [0, 0.05) is 12.6 Å². The van der Waals surface area contributed by atoms with Crippen LogP contribution in [0.4, 0.5) is 0 Å². The first kappa shape index (κ1) is 5.69. The highest BCUT2D eigenvalue weighted by Crippen LogP contribution is 2.28. The first-order chi connectivity index (χ1) is 4.36. The van der Waals surface area contributed by atoms with Gasteiger partial charge in [0.2, 0.25) is 0 Å². The van der Waals surface area contributed by atoms with Crippen molar-refractivity contribution in [3.8, 4) is 0 Å². The van der Waals surface area contributed by atoms with Gasteiger partial charge in [-0.25, -0.2) is 0 Å². The van der Waals surface area contributed by atoms with Crippen LogP contribution in [0.25, 0.3) is 0 Å². The van der Waals surface area contributed by atoms with E-state index in [0.717, 1.165) is 19.0 Å². The molecule has 2 fully saturated rings. The van der Waals surface area contributed by atoms with Gasteiger partial charge in [-0.2, -0.15) is 0 Å². The standard InChI is InChI=1S/C7H13NO/c9-7-2-1-6-3-5(7)4-8-6/h5-9H,1-4H2/t5-,6+,7-/m0/s1. The van der Waals surface area contributed by atoms with Crippen LogP contribution in [-0.2, 0) is 0 Å². The lowest BCUT2D eigenvalue weighted by Gasteiger charge is -2.22. The molecule has 1 aliphatic heterocycles. The van der Waals surface area contributed by atoms with Crippen molar-refractivity contribution < 1.29 is 5.11 Å². The highest BCUT2D eigenvalue weighted by molar-refractivity contribution is 4.90. The Bertz CT molecular complexity index is 115. The third-order valence-corrected chi connectivity index (χ3v) is 2.61. The van der Waals surface area contributed by atoms with Gasteiger partial charge in [0.1, 0.15) is 0 Å². The Balaban J connectivity index is 2.05. The Hall–Kier alpha value is -0.0800. The van der Waals surface area contributed by atoms with Gasteiger partial charge in [-0.15, -0.1) is 0 Å². The van der Waals surface area contributed by atoms with Crippen molar-refractivity contribution in [1.82, 2.24) is 5.32 Å². The highest BCUT2D eigenvalue weighted by atomic mass is 16.3. The van der Waals surface area contributed by atoms with E-state index in [1.54, 1.807) is 0 Å². The second-order valence-corrected chi connectivity index (χ2v) is 3.25. The maximum atomic E-state index is 9.36. The van der Waals surface area contributed by atoms with Crippen molar-refractivity contribution in [1.29, 1.82) is 0 Å². The lowest BCUT2D eigenvalue weighted by molar-refractivity contribution is 0.0896. The smallest absolute Gasteiger partial charge is 0.0581 e. The van der Waals surface area contributed by atoms with Gasteiger partial charge >= 0.3 is 0 Å². The van der Waals surface area contributed by atoms with E-state index in [9.17, 15) is 5.11 Å². The molecule has 2 rings (SSSR count). The zero-order valence-corrected chi connectivity index (χ0v) is 5.51. The molecule has 1 saturated heterocycles. The SMILES string of the molecule is O[C@H]1CC[C@@H]2C[C@H]1CN2. The maximum Gasteiger partial charge on any atom is 0.0581 e. The molecule has 0 amide bonds. The average molecular weight is 127 g/mol. The first-order valence-corrected chi connectivity index (χ1v) is 3.78. The van der Waals surface area contributed by atoms with Gasteiger partial charge in [-0.05, 0) is 25.2 Å². The van der Waals surface area contributed by atoms with Gasteiger partial charge in [0.15, 0.2) is 0 Å². The van der Waals surface area contributed by atoms with E-state index in [1.165, 1.54) is 12.8 Å². The Morgan fingerprint density at radius 1 is 1.33 bits per heavy atom. The van der Waals surface area contributed by atoms with Crippen LogP contribution in [0, 0.1) is 5.92 Å². The normalized spacial score (nSPS) is 49.7. The Morgan fingerprint density at radius 3 is 3.00 bits per heavy atom. The third-order valence-electron chi connectivity index (χ3n) is 2.61. The zero-order chi connectivity index (χ0) is 6.27. The summed E-state index contributed by atoms with van der Waals surface area (Å²) in [6.45, 7) is 1.05. The quantitative estimate of drug-likeness (QED) is 0.484. The molecule has 3 atom stereocenters. The predicted molar refractivity (Wildman–Crippen MR) is 35.1 cm³/mol. The van der Waals surface area contributed by atoms with Crippen LogP contribution in [-0.4, -0.2) is 23.8 Å². The zero-order valence-electron chi connectivity index (χ0n) is 5.51. The topological polar surface area (TPSA) is 32.3 Å². The van der Waals surface area contributed by atoms with Crippen molar-refractivity contribution >= 4 is 0 Å². The fraction of sp³-hybridized carbons (Fsp3) is 1.00. The molecule has 0 aromatic heterocycles. The summed E-state index contributed by atoms with van der Waals surface area (Å²) in [5.74, 6) is 0.573. The minimum atomic E-state index is -0.00347. The van der Waals surface area contributed by atoms with Gasteiger partial charge < -0.3 is 10.4 Å². The van der Waals surface area contributed by atoms with E-state index >= 15 is 0 Å². The predicted octanol–water partition coefficient (Wildman–Crippen LogP) is 0.119. The number of hydrogen-bond donors (Lipinski definition) is 2. The van der Waals surface area contributed by atoms with Crippen molar-refractivity contribution in [3.05, 3.63) is 0 Å². The molecule has 0 aromatic carbocycles. The summed E-state index contributed by atoms with van der Waals surface area (Å²) in [5, 5.41) is 12.7. The molecule has 0 aromatic rings. The summed E-state index contributed by atoms with van der Waals surface area (Å²) in [5.41, 5.74) is 0. The fourth-order valence-electron chi connectivity index (χ4n) is 1.97. The summed E-state index contributed by atoms with van der Waals surface area (Å²) < 4.78 is 0. The van der Waals surface area contributed by atoms with E-state index in [0.29, 0.717) is 5.92 Å². The largest absolute Gasteiger partial charge is 0.393 e. The Kier molecular flexibility index (Phi) is 1.24. The lowest BCUT2D eigenvalue weighted by Crippen LogP contribution is -2.26.